The Morgan fingerprint density at radius 1 is 1.14 bits per heavy atom. The molecule has 1 amide bonds. The molecular weight excluding hydrogens is 268 g/mol. The van der Waals surface area contributed by atoms with Crippen LogP contribution in [-0.2, 0) is 4.74 Å². The molecular formula is C16H23N2O3+. The van der Waals surface area contributed by atoms with Crippen molar-refractivity contribution >= 4 is 11.9 Å². The van der Waals surface area contributed by atoms with Crippen molar-refractivity contribution in [3.8, 4) is 0 Å². The minimum atomic E-state index is -0.506. The minimum Gasteiger partial charge on any atom is -0.456 e. The summed E-state index contributed by atoms with van der Waals surface area (Å²) in [6.45, 7) is 6.11. The molecule has 1 aromatic rings. The lowest BCUT2D eigenvalue weighted by Crippen LogP contribution is -2.86. The number of benzene rings is 1. The minimum absolute atomic E-state index is 0.356. The van der Waals surface area contributed by atoms with Crippen molar-refractivity contribution in [3.05, 3.63) is 35.4 Å². The smallest absolute Gasteiger partial charge is 0.338 e. The van der Waals surface area contributed by atoms with Crippen molar-refractivity contribution in [2.45, 2.75) is 32.3 Å². The van der Waals surface area contributed by atoms with Crippen LogP contribution < -0.4 is 11.1 Å². The molecule has 2 rings (SSSR count). The number of piperidine rings is 1. The summed E-state index contributed by atoms with van der Waals surface area (Å²) < 4.78 is 5.69. The summed E-state index contributed by atoms with van der Waals surface area (Å²) in [5.74, 6) is -0.476. The van der Waals surface area contributed by atoms with Crippen LogP contribution in [0.4, 0.5) is 0 Å². The SMILES string of the molecule is CC(C)(OC(=O)c1ccc(C(N)=O)cc1)C1CC[NH2+]CC1. The van der Waals surface area contributed by atoms with Crippen molar-refractivity contribution in [1.29, 1.82) is 0 Å². The fourth-order valence-electron chi connectivity index (χ4n) is 2.77. The number of quaternary nitrogens is 1. The Balaban J connectivity index is 2.04. The van der Waals surface area contributed by atoms with Crippen LogP contribution in [0.2, 0.25) is 0 Å². The molecule has 1 heterocycles. The van der Waals surface area contributed by atoms with Gasteiger partial charge in [0.1, 0.15) is 5.60 Å². The van der Waals surface area contributed by atoms with Gasteiger partial charge in [0.05, 0.1) is 18.7 Å². The third kappa shape index (κ3) is 3.82. The lowest BCUT2D eigenvalue weighted by molar-refractivity contribution is -0.665. The molecule has 1 aliphatic heterocycles. The Bertz CT molecular complexity index is 517. The van der Waals surface area contributed by atoms with Gasteiger partial charge in [-0.1, -0.05) is 0 Å². The van der Waals surface area contributed by atoms with Crippen molar-refractivity contribution in [2.75, 3.05) is 13.1 Å². The van der Waals surface area contributed by atoms with Crippen LogP contribution >= 0.6 is 0 Å². The molecule has 0 aromatic heterocycles. The molecule has 0 aliphatic carbocycles. The van der Waals surface area contributed by atoms with E-state index in [2.05, 4.69) is 5.32 Å². The summed E-state index contributed by atoms with van der Waals surface area (Å²) in [4.78, 5) is 23.3. The molecule has 0 spiro atoms. The van der Waals surface area contributed by atoms with Crippen molar-refractivity contribution < 1.29 is 19.6 Å². The zero-order valence-electron chi connectivity index (χ0n) is 12.6. The van der Waals surface area contributed by atoms with Gasteiger partial charge in [-0.3, -0.25) is 4.79 Å². The lowest BCUT2D eigenvalue weighted by atomic mass is 9.83. The highest BCUT2D eigenvalue weighted by Crippen LogP contribution is 2.28. The van der Waals surface area contributed by atoms with E-state index >= 15 is 0 Å². The first-order chi connectivity index (χ1) is 9.90. The van der Waals surface area contributed by atoms with E-state index in [9.17, 15) is 9.59 Å². The molecule has 0 atom stereocenters. The Labute approximate surface area is 124 Å². The molecule has 1 aromatic carbocycles. The Hall–Kier alpha value is -1.88. The lowest BCUT2D eigenvalue weighted by Gasteiger charge is -2.35. The average Bonchev–Trinajstić information content (AvgIpc) is 2.48. The molecule has 0 bridgehead atoms. The summed E-state index contributed by atoms with van der Waals surface area (Å²) >= 11 is 0. The van der Waals surface area contributed by atoms with Gasteiger partial charge in [0.15, 0.2) is 0 Å². The maximum atomic E-state index is 12.2. The van der Waals surface area contributed by atoms with Gasteiger partial charge in [0, 0.05) is 24.3 Å². The summed E-state index contributed by atoms with van der Waals surface area (Å²) in [5, 5.41) is 2.29. The first-order valence-electron chi connectivity index (χ1n) is 7.35. The standard InChI is InChI=1S/C16H22N2O3/c1-16(2,13-7-9-18-10-8-13)21-15(20)12-5-3-11(4-6-12)14(17)19/h3-6,13,18H,7-10H2,1-2H3,(H2,17,19)/p+1. The highest BCUT2D eigenvalue weighted by atomic mass is 16.6. The Kier molecular flexibility index (Phi) is 4.63. The number of nitrogens with two attached hydrogens (primary N) is 2. The predicted octanol–water partition coefficient (Wildman–Crippen LogP) is 0.694. The number of carbonyl (C=O) groups is 2. The van der Waals surface area contributed by atoms with Crippen LogP contribution in [0.15, 0.2) is 24.3 Å². The third-order valence-electron chi connectivity index (χ3n) is 4.18. The number of carbonyl (C=O) groups excluding carboxylic acids is 2. The number of hydrogen-bond donors (Lipinski definition) is 2. The highest BCUT2D eigenvalue weighted by Gasteiger charge is 2.35. The molecule has 0 saturated carbocycles. The van der Waals surface area contributed by atoms with Gasteiger partial charge in [-0.05, 0) is 38.1 Å². The van der Waals surface area contributed by atoms with Crippen LogP contribution in [-0.4, -0.2) is 30.6 Å². The highest BCUT2D eigenvalue weighted by molar-refractivity contribution is 5.95. The second-order valence-corrected chi connectivity index (χ2v) is 6.07. The van der Waals surface area contributed by atoms with Crippen molar-refractivity contribution in [2.24, 2.45) is 11.7 Å². The molecule has 1 saturated heterocycles. The van der Waals surface area contributed by atoms with Gasteiger partial charge < -0.3 is 15.8 Å². The van der Waals surface area contributed by atoms with Gasteiger partial charge in [-0.25, -0.2) is 4.79 Å². The second kappa shape index (κ2) is 6.26. The van der Waals surface area contributed by atoms with Crippen LogP contribution in [0, 0.1) is 5.92 Å². The monoisotopic (exact) mass is 291 g/mol. The van der Waals surface area contributed by atoms with Crippen LogP contribution in [0.3, 0.4) is 0 Å². The van der Waals surface area contributed by atoms with Gasteiger partial charge in [-0.15, -0.1) is 0 Å². The van der Waals surface area contributed by atoms with Crippen LogP contribution in [0.5, 0.6) is 0 Å². The van der Waals surface area contributed by atoms with E-state index in [-0.39, 0.29) is 5.97 Å². The maximum absolute atomic E-state index is 12.2. The molecule has 21 heavy (non-hydrogen) atoms. The summed E-state index contributed by atoms with van der Waals surface area (Å²) in [5.41, 5.74) is 5.53. The fraction of sp³-hybridized carbons (Fsp3) is 0.500. The van der Waals surface area contributed by atoms with Crippen LogP contribution in [0.1, 0.15) is 47.4 Å². The van der Waals surface area contributed by atoms with Gasteiger partial charge in [-0.2, -0.15) is 0 Å². The Morgan fingerprint density at radius 2 is 1.67 bits per heavy atom. The molecule has 4 N–H and O–H groups in total. The van der Waals surface area contributed by atoms with Gasteiger partial charge >= 0.3 is 5.97 Å². The number of hydrogen-bond acceptors (Lipinski definition) is 3. The number of rotatable bonds is 4. The molecule has 1 aliphatic rings. The normalized spacial score (nSPS) is 16.5. The molecule has 114 valence electrons. The third-order valence-corrected chi connectivity index (χ3v) is 4.18. The number of primary amides is 1. The molecule has 5 nitrogen and oxygen atoms in total. The van der Waals surface area contributed by atoms with Gasteiger partial charge in [0.25, 0.3) is 0 Å². The van der Waals surface area contributed by atoms with E-state index in [0.717, 1.165) is 25.9 Å². The molecule has 0 unspecified atom stereocenters. The van der Waals surface area contributed by atoms with Crippen LogP contribution in [0.25, 0.3) is 0 Å². The fourth-order valence-corrected chi connectivity index (χ4v) is 2.77. The number of amides is 1. The maximum Gasteiger partial charge on any atom is 0.338 e. The van der Waals surface area contributed by atoms with E-state index in [0.29, 0.717) is 17.0 Å². The van der Waals surface area contributed by atoms with E-state index in [4.69, 9.17) is 10.5 Å². The topological polar surface area (TPSA) is 86.0 Å². The summed E-state index contributed by atoms with van der Waals surface area (Å²) in [6.07, 6.45) is 2.11. The largest absolute Gasteiger partial charge is 0.456 e. The van der Waals surface area contributed by atoms with Crippen molar-refractivity contribution in [1.82, 2.24) is 0 Å². The predicted molar refractivity (Wildman–Crippen MR) is 78.8 cm³/mol. The zero-order valence-corrected chi connectivity index (χ0v) is 12.6. The quantitative estimate of drug-likeness (QED) is 0.800. The van der Waals surface area contributed by atoms with Crippen molar-refractivity contribution in [3.63, 3.8) is 0 Å². The first kappa shape index (κ1) is 15.5. The molecule has 0 radical (unpaired) electrons. The van der Waals surface area contributed by atoms with Gasteiger partial charge in [0.2, 0.25) is 5.91 Å². The Morgan fingerprint density at radius 3 is 2.19 bits per heavy atom. The number of ether oxygens (including phenoxy) is 1. The summed E-state index contributed by atoms with van der Waals surface area (Å²) in [7, 11) is 0. The van der Waals surface area contributed by atoms with E-state index in [1.807, 2.05) is 13.8 Å². The van der Waals surface area contributed by atoms with E-state index < -0.39 is 11.5 Å². The first-order valence-corrected chi connectivity index (χ1v) is 7.35. The van der Waals surface area contributed by atoms with E-state index in [1.54, 1.807) is 24.3 Å². The molecule has 1 fully saturated rings. The summed E-state index contributed by atoms with van der Waals surface area (Å²) in [6, 6.07) is 6.24. The second-order valence-electron chi connectivity index (χ2n) is 6.07. The zero-order chi connectivity index (χ0) is 15.5. The average molecular weight is 291 g/mol. The van der Waals surface area contributed by atoms with E-state index in [1.165, 1.54) is 0 Å². The molecule has 5 heteroatoms. The number of esters is 1.